The fraction of sp³-hybridized carbons (Fsp3) is 0.231. The number of aromatic amines is 1. The summed E-state index contributed by atoms with van der Waals surface area (Å²) in [6.45, 7) is 1.95. The monoisotopic (exact) mass is 291 g/mol. The molecule has 0 amide bonds. The molecule has 0 aliphatic heterocycles. The molecule has 104 valence electrons. The predicted molar refractivity (Wildman–Crippen MR) is 78.2 cm³/mol. The number of hydrogen-bond donors (Lipinski definition) is 2. The summed E-state index contributed by atoms with van der Waals surface area (Å²) in [7, 11) is 0. The quantitative estimate of drug-likeness (QED) is 0.765. The summed E-state index contributed by atoms with van der Waals surface area (Å²) >= 11 is 1.31. The maximum atomic E-state index is 12.6. The molecule has 3 aromatic rings. The first-order valence-corrected chi connectivity index (χ1v) is 7.01. The number of nitrogens with one attached hydrogen (secondary N) is 1. The second-order valence-corrected chi connectivity index (χ2v) is 5.40. The van der Waals surface area contributed by atoms with Crippen LogP contribution in [0.2, 0.25) is 0 Å². The first-order valence-electron chi connectivity index (χ1n) is 6.13. The molecule has 3 heterocycles. The maximum absolute atomic E-state index is 12.6. The molecule has 1 unspecified atom stereocenters. The summed E-state index contributed by atoms with van der Waals surface area (Å²) in [4.78, 5) is 27.8. The topological polar surface area (TPSA) is 94.0 Å². The van der Waals surface area contributed by atoms with E-state index >= 15 is 0 Å². The first-order chi connectivity index (χ1) is 9.63. The minimum absolute atomic E-state index is 0.217. The molecule has 1 atom stereocenters. The maximum Gasteiger partial charge on any atom is 0.329 e. The Kier molecular flexibility index (Phi) is 3.07. The van der Waals surface area contributed by atoms with Crippen LogP contribution in [0.1, 0.15) is 13.0 Å². The third-order valence-corrected chi connectivity index (χ3v) is 4.13. The van der Waals surface area contributed by atoms with E-state index in [2.05, 4.69) is 4.98 Å². The second-order valence-electron chi connectivity index (χ2n) is 4.52. The van der Waals surface area contributed by atoms with Gasteiger partial charge in [0.2, 0.25) is 0 Å². The van der Waals surface area contributed by atoms with Gasteiger partial charge in [-0.3, -0.25) is 14.3 Å². The highest BCUT2D eigenvalue weighted by Crippen LogP contribution is 2.30. The van der Waals surface area contributed by atoms with E-state index in [-0.39, 0.29) is 18.1 Å². The van der Waals surface area contributed by atoms with Gasteiger partial charge in [-0.25, -0.2) is 4.79 Å². The number of nitrogens with two attached hydrogens (primary N) is 1. The number of nitrogens with zero attached hydrogens (tertiary/aromatic N) is 1. The molecule has 0 aromatic carbocycles. The molecular formula is C13H13N3O3S. The van der Waals surface area contributed by atoms with Gasteiger partial charge in [0.25, 0.3) is 5.56 Å². The highest BCUT2D eigenvalue weighted by Gasteiger charge is 2.18. The summed E-state index contributed by atoms with van der Waals surface area (Å²) in [5.41, 5.74) is 5.48. The van der Waals surface area contributed by atoms with Crippen LogP contribution in [0.3, 0.4) is 0 Å². The molecular weight excluding hydrogens is 278 g/mol. The second kappa shape index (κ2) is 4.77. The number of thiophene rings is 1. The molecule has 3 N–H and O–H groups in total. The summed E-state index contributed by atoms with van der Waals surface area (Å²) in [6, 6.07) is 3.17. The van der Waals surface area contributed by atoms with Crippen molar-refractivity contribution in [2.45, 2.75) is 13.0 Å². The Balaban J connectivity index is 2.38. The smallest absolute Gasteiger partial charge is 0.329 e. The lowest BCUT2D eigenvalue weighted by Crippen LogP contribution is -2.39. The average molecular weight is 291 g/mol. The lowest BCUT2D eigenvalue weighted by molar-refractivity contribution is 0.518. The minimum atomic E-state index is -0.437. The Morgan fingerprint density at radius 3 is 2.95 bits per heavy atom. The van der Waals surface area contributed by atoms with Crippen LogP contribution in [0, 0.1) is 0 Å². The van der Waals surface area contributed by atoms with Crippen molar-refractivity contribution in [3.05, 3.63) is 44.6 Å². The van der Waals surface area contributed by atoms with E-state index in [9.17, 15) is 9.59 Å². The van der Waals surface area contributed by atoms with Crippen LogP contribution < -0.4 is 17.0 Å². The van der Waals surface area contributed by atoms with E-state index in [1.807, 2.05) is 0 Å². The largest absolute Gasteiger partial charge is 0.464 e. The number of H-pyrrole nitrogens is 1. The van der Waals surface area contributed by atoms with E-state index in [0.29, 0.717) is 21.5 Å². The fourth-order valence-corrected chi connectivity index (χ4v) is 3.08. The van der Waals surface area contributed by atoms with Crippen molar-refractivity contribution in [2.75, 3.05) is 6.54 Å². The SMILES string of the molecule is CC(CN)n1c(=O)[nH]c2scc(-c3ccco3)c2c1=O. The molecule has 20 heavy (non-hydrogen) atoms. The summed E-state index contributed by atoms with van der Waals surface area (Å²) in [5, 5.41) is 2.27. The molecule has 6 nitrogen and oxygen atoms in total. The normalized spacial score (nSPS) is 12.9. The average Bonchev–Trinajstić information content (AvgIpc) is 3.06. The van der Waals surface area contributed by atoms with E-state index in [0.717, 1.165) is 4.57 Å². The van der Waals surface area contributed by atoms with Gasteiger partial charge >= 0.3 is 5.69 Å². The zero-order valence-corrected chi connectivity index (χ0v) is 11.6. The Hall–Kier alpha value is -2.12. The van der Waals surface area contributed by atoms with E-state index in [1.54, 1.807) is 30.7 Å². The van der Waals surface area contributed by atoms with Gasteiger partial charge in [-0.2, -0.15) is 0 Å². The van der Waals surface area contributed by atoms with Crippen LogP contribution in [0.25, 0.3) is 21.5 Å². The number of aromatic nitrogens is 2. The molecule has 0 aliphatic rings. The van der Waals surface area contributed by atoms with Gasteiger partial charge in [-0.05, 0) is 19.1 Å². The molecule has 3 rings (SSSR count). The van der Waals surface area contributed by atoms with Crippen molar-refractivity contribution >= 4 is 21.6 Å². The van der Waals surface area contributed by atoms with E-state index in [1.165, 1.54) is 11.3 Å². The van der Waals surface area contributed by atoms with Crippen molar-refractivity contribution in [1.29, 1.82) is 0 Å². The van der Waals surface area contributed by atoms with Crippen molar-refractivity contribution < 1.29 is 4.42 Å². The van der Waals surface area contributed by atoms with Crippen LogP contribution in [0.15, 0.2) is 37.8 Å². The molecule has 0 fully saturated rings. The lowest BCUT2D eigenvalue weighted by atomic mass is 10.2. The molecule has 0 saturated carbocycles. The van der Waals surface area contributed by atoms with Crippen molar-refractivity contribution in [3.63, 3.8) is 0 Å². The standard InChI is InChI=1S/C13H13N3O3S/c1-7(5-14)16-12(17)10-8(9-3-2-4-19-9)6-20-11(10)15-13(16)18/h2-4,6-7H,5,14H2,1H3,(H,15,18). The van der Waals surface area contributed by atoms with Gasteiger partial charge in [-0.1, -0.05) is 0 Å². The van der Waals surface area contributed by atoms with Gasteiger partial charge in [0, 0.05) is 17.5 Å². The first kappa shape index (κ1) is 12.9. The number of fused-ring (bicyclic) bond motifs is 1. The predicted octanol–water partition coefficient (Wildman–Crippen LogP) is 1.53. The van der Waals surface area contributed by atoms with Gasteiger partial charge in [0.15, 0.2) is 0 Å². The van der Waals surface area contributed by atoms with Crippen molar-refractivity contribution in [1.82, 2.24) is 9.55 Å². The van der Waals surface area contributed by atoms with Gasteiger partial charge < -0.3 is 10.2 Å². The zero-order chi connectivity index (χ0) is 14.3. The molecule has 0 bridgehead atoms. The third kappa shape index (κ3) is 1.83. The molecule has 0 radical (unpaired) electrons. The Morgan fingerprint density at radius 1 is 1.50 bits per heavy atom. The van der Waals surface area contributed by atoms with Gasteiger partial charge in [-0.15, -0.1) is 11.3 Å². The molecule has 3 aromatic heterocycles. The molecule has 7 heteroatoms. The Labute approximate surface area is 117 Å². The van der Waals surface area contributed by atoms with Crippen molar-refractivity contribution in [3.8, 4) is 11.3 Å². The van der Waals surface area contributed by atoms with Crippen LogP contribution >= 0.6 is 11.3 Å². The summed E-state index contributed by atoms with van der Waals surface area (Å²) in [6.07, 6.45) is 1.55. The van der Waals surface area contributed by atoms with E-state index in [4.69, 9.17) is 10.2 Å². The number of hydrogen-bond acceptors (Lipinski definition) is 5. The number of rotatable bonds is 3. The Morgan fingerprint density at radius 2 is 2.30 bits per heavy atom. The zero-order valence-electron chi connectivity index (χ0n) is 10.8. The Bertz CT molecular complexity index is 857. The summed E-state index contributed by atoms with van der Waals surface area (Å²) in [5.74, 6) is 0.604. The molecule has 0 aliphatic carbocycles. The molecule has 0 spiro atoms. The highest BCUT2D eigenvalue weighted by atomic mass is 32.1. The van der Waals surface area contributed by atoms with Crippen LogP contribution in [0.4, 0.5) is 0 Å². The molecule has 0 saturated heterocycles. The van der Waals surface area contributed by atoms with Crippen molar-refractivity contribution in [2.24, 2.45) is 5.73 Å². The third-order valence-electron chi connectivity index (χ3n) is 3.23. The number of furan rings is 1. The van der Waals surface area contributed by atoms with Crippen LogP contribution in [-0.2, 0) is 0 Å². The minimum Gasteiger partial charge on any atom is -0.464 e. The van der Waals surface area contributed by atoms with Gasteiger partial charge in [0.05, 0.1) is 17.7 Å². The van der Waals surface area contributed by atoms with Crippen LogP contribution in [-0.4, -0.2) is 16.1 Å². The van der Waals surface area contributed by atoms with Gasteiger partial charge in [0.1, 0.15) is 10.6 Å². The summed E-state index contributed by atoms with van der Waals surface area (Å²) < 4.78 is 6.49. The van der Waals surface area contributed by atoms with Crippen LogP contribution in [0.5, 0.6) is 0 Å². The fourth-order valence-electron chi connectivity index (χ4n) is 2.15. The highest BCUT2D eigenvalue weighted by molar-refractivity contribution is 7.17. The van der Waals surface area contributed by atoms with E-state index < -0.39 is 5.69 Å². The lowest BCUT2D eigenvalue weighted by Gasteiger charge is -2.11.